The van der Waals surface area contributed by atoms with Crippen molar-refractivity contribution in [3.63, 3.8) is 0 Å². The molecular weight excluding hydrogens is 360 g/mol. The van der Waals surface area contributed by atoms with Crippen LogP contribution in [0.1, 0.15) is 34.0 Å². The number of nitrogens with one attached hydrogen (secondary N) is 2. The van der Waals surface area contributed by atoms with Crippen molar-refractivity contribution in [1.82, 2.24) is 10.3 Å². The molecule has 144 valence electrons. The number of ether oxygens (including phenoxy) is 2. The molecule has 1 aromatic heterocycles. The Hall–Kier alpha value is -2.17. The second-order valence-electron chi connectivity index (χ2n) is 7.12. The van der Waals surface area contributed by atoms with Gasteiger partial charge in [-0.25, -0.2) is 0 Å². The van der Waals surface area contributed by atoms with Crippen LogP contribution in [0.2, 0.25) is 0 Å². The van der Waals surface area contributed by atoms with Gasteiger partial charge in [0.1, 0.15) is 0 Å². The first-order valence-electron chi connectivity index (χ1n) is 9.17. The lowest BCUT2D eigenvalue weighted by atomic mass is 9.93. The highest BCUT2D eigenvalue weighted by atomic mass is 35.5. The molecule has 0 radical (unpaired) electrons. The van der Waals surface area contributed by atoms with E-state index in [4.69, 9.17) is 9.47 Å². The Kier molecular flexibility index (Phi) is 5.68. The summed E-state index contributed by atoms with van der Waals surface area (Å²) >= 11 is 0. The van der Waals surface area contributed by atoms with Crippen LogP contribution in [0.4, 0.5) is 0 Å². The molecule has 4 nitrogen and oxygen atoms in total. The molecular formula is C22H27ClN2O2. The molecule has 0 fully saturated rings. The number of hydrogen-bond donors (Lipinski definition) is 2. The van der Waals surface area contributed by atoms with E-state index in [0.717, 1.165) is 30.9 Å². The second-order valence-corrected chi connectivity index (χ2v) is 7.12. The SMILES string of the molecule is COc1ccc(CC2NCCc3c2[nH]c2c(C)ccc(C)c32)cc1OC.Cl. The fraction of sp³-hybridized carbons (Fsp3) is 0.364. The molecule has 0 aliphatic carbocycles. The first-order valence-corrected chi connectivity index (χ1v) is 9.17. The van der Waals surface area contributed by atoms with Gasteiger partial charge < -0.3 is 19.8 Å². The Morgan fingerprint density at radius 3 is 2.48 bits per heavy atom. The average Bonchev–Trinajstić information content (AvgIpc) is 3.06. The van der Waals surface area contributed by atoms with E-state index < -0.39 is 0 Å². The fourth-order valence-electron chi connectivity index (χ4n) is 4.15. The summed E-state index contributed by atoms with van der Waals surface area (Å²) < 4.78 is 10.8. The molecule has 5 heteroatoms. The normalized spacial score (nSPS) is 15.9. The van der Waals surface area contributed by atoms with Gasteiger partial charge in [0.25, 0.3) is 0 Å². The van der Waals surface area contributed by atoms with Crippen LogP contribution in [0.25, 0.3) is 10.9 Å². The smallest absolute Gasteiger partial charge is 0.160 e. The number of hydrogen-bond acceptors (Lipinski definition) is 3. The van der Waals surface area contributed by atoms with Crippen LogP contribution in [0.15, 0.2) is 30.3 Å². The van der Waals surface area contributed by atoms with Crippen molar-refractivity contribution in [2.24, 2.45) is 0 Å². The number of halogens is 1. The Balaban J connectivity index is 0.00000210. The summed E-state index contributed by atoms with van der Waals surface area (Å²) in [6, 6.07) is 10.9. The maximum Gasteiger partial charge on any atom is 0.160 e. The van der Waals surface area contributed by atoms with E-state index in [2.05, 4.69) is 48.4 Å². The van der Waals surface area contributed by atoms with Gasteiger partial charge in [0, 0.05) is 16.6 Å². The summed E-state index contributed by atoms with van der Waals surface area (Å²) in [5.74, 6) is 1.55. The minimum Gasteiger partial charge on any atom is -0.493 e. The highest BCUT2D eigenvalue weighted by Gasteiger charge is 2.25. The Morgan fingerprint density at radius 2 is 1.74 bits per heavy atom. The minimum absolute atomic E-state index is 0. The maximum absolute atomic E-state index is 5.46. The molecule has 0 saturated heterocycles. The summed E-state index contributed by atoms with van der Waals surface area (Å²) in [4.78, 5) is 3.73. The van der Waals surface area contributed by atoms with Gasteiger partial charge >= 0.3 is 0 Å². The van der Waals surface area contributed by atoms with Gasteiger partial charge in [-0.2, -0.15) is 0 Å². The molecule has 0 spiro atoms. The maximum atomic E-state index is 5.46. The van der Waals surface area contributed by atoms with Crippen molar-refractivity contribution in [2.75, 3.05) is 20.8 Å². The third kappa shape index (κ3) is 3.40. The van der Waals surface area contributed by atoms with Crippen LogP contribution in [0.3, 0.4) is 0 Å². The van der Waals surface area contributed by atoms with Crippen molar-refractivity contribution in [3.05, 3.63) is 58.3 Å². The summed E-state index contributed by atoms with van der Waals surface area (Å²) in [5.41, 5.74) is 8.00. The number of benzene rings is 2. The lowest BCUT2D eigenvalue weighted by Crippen LogP contribution is -2.31. The topological polar surface area (TPSA) is 46.3 Å². The third-order valence-corrected chi connectivity index (χ3v) is 5.51. The van der Waals surface area contributed by atoms with Gasteiger partial charge in [0.2, 0.25) is 0 Å². The van der Waals surface area contributed by atoms with Crippen molar-refractivity contribution in [1.29, 1.82) is 0 Å². The molecule has 0 amide bonds. The predicted molar refractivity (Wildman–Crippen MR) is 113 cm³/mol. The van der Waals surface area contributed by atoms with E-state index in [1.807, 2.05) is 6.07 Å². The third-order valence-electron chi connectivity index (χ3n) is 5.51. The molecule has 2 heterocycles. The Bertz CT molecular complexity index is 965. The quantitative estimate of drug-likeness (QED) is 0.685. The average molecular weight is 387 g/mol. The van der Waals surface area contributed by atoms with Crippen molar-refractivity contribution in [3.8, 4) is 11.5 Å². The van der Waals surface area contributed by atoms with Gasteiger partial charge in [0.05, 0.1) is 20.3 Å². The van der Waals surface area contributed by atoms with Gasteiger partial charge in [-0.3, -0.25) is 0 Å². The molecule has 2 aromatic carbocycles. The number of aromatic amines is 1. The van der Waals surface area contributed by atoms with E-state index in [0.29, 0.717) is 0 Å². The van der Waals surface area contributed by atoms with E-state index in [1.54, 1.807) is 14.2 Å². The predicted octanol–water partition coefficient (Wildman–Crippen LogP) is 4.65. The summed E-state index contributed by atoms with van der Waals surface area (Å²) in [6.45, 7) is 5.40. The summed E-state index contributed by atoms with van der Waals surface area (Å²) in [5, 5.41) is 5.10. The number of H-pyrrole nitrogens is 1. The van der Waals surface area contributed by atoms with Crippen LogP contribution in [-0.4, -0.2) is 25.7 Å². The van der Waals surface area contributed by atoms with Gasteiger partial charge in [0.15, 0.2) is 11.5 Å². The van der Waals surface area contributed by atoms with E-state index in [9.17, 15) is 0 Å². The zero-order chi connectivity index (χ0) is 18.3. The Labute approximate surface area is 166 Å². The molecule has 1 aliphatic heterocycles. The number of fused-ring (bicyclic) bond motifs is 3. The Morgan fingerprint density at radius 1 is 1.00 bits per heavy atom. The largest absolute Gasteiger partial charge is 0.493 e. The molecule has 1 unspecified atom stereocenters. The lowest BCUT2D eigenvalue weighted by molar-refractivity contribution is 0.354. The molecule has 27 heavy (non-hydrogen) atoms. The van der Waals surface area contributed by atoms with Crippen LogP contribution >= 0.6 is 12.4 Å². The summed E-state index contributed by atoms with van der Waals surface area (Å²) in [7, 11) is 3.35. The summed E-state index contributed by atoms with van der Waals surface area (Å²) in [6.07, 6.45) is 1.99. The van der Waals surface area contributed by atoms with E-state index in [1.165, 1.54) is 38.9 Å². The van der Waals surface area contributed by atoms with Crippen molar-refractivity contribution in [2.45, 2.75) is 32.7 Å². The number of methoxy groups -OCH3 is 2. The van der Waals surface area contributed by atoms with Gasteiger partial charge in [-0.15, -0.1) is 12.4 Å². The standard InChI is InChI=1S/C22H26N2O2.ClH/c1-13-5-6-14(2)21-20(13)16-9-10-23-17(22(16)24-21)11-15-7-8-18(25-3)19(12-15)26-4;/h5-8,12,17,23-24H,9-11H2,1-4H3;1H. The number of aryl methyl sites for hydroxylation is 2. The molecule has 1 aliphatic rings. The first kappa shape index (κ1) is 19.6. The monoisotopic (exact) mass is 386 g/mol. The van der Waals surface area contributed by atoms with Crippen LogP contribution in [-0.2, 0) is 12.8 Å². The zero-order valence-electron chi connectivity index (χ0n) is 16.3. The molecule has 0 saturated carbocycles. The second kappa shape index (κ2) is 7.83. The molecule has 3 aromatic rings. The van der Waals surface area contributed by atoms with Gasteiger partial charge in [-0.05, 0) is 67.6 Å². The molecule has 2 N–H and O–H groups in total. The number of rotatable bonds is 4. The minimum atomic E-state index is 0. The molecule has 0 bridgehead atoms. The lowest BCUT2D eigenvalue weighted by Gasteiger charge is -2.25. The highest BCUT2D eigenvalue weighted by molar-refractivity contribution is 5.90. The zero-order valence-corrected chi connectivity index (χ0v) is 17.1. The molecule has 4 rings (SSSR count). The van der Waals surface area contributed by atoms with Crippen LogP contribution in [0, 0.1) is 13.8 Å². The highest BCUT2D eigenvalue weighted by Crippen LogP contribution is 2.36. The van der Waals surface area contributed by atoms with Crippen molar-refractivity contribution < 1.29 is 9.47 Å². The fourth-order valence-corrected chi connectivity index (χ4v) is 4.15. The van der Waals surface area contributed by atoms with Gasteiger partial charge in [-0.1, -0.05) is 18.2 Å². The first-order chi connectivity index (χ1) is 12.6. The van der Waals surface area contributed by atoms with E-state index >= 15 is 0 Å². The molecule has 1 atom stereocenters. The van der Waals surface area contributed by atoms with Crippen molar-refractivity contribution >= 4 is 23.3 Å². The van der Waals surface area contributed by atoms with E-state index in [-0.39, 0.29) is 18.4 Å². The number of aromatic nitrogens is 1. The van der Waals surface area contributed by atoms with Crippen LogP contribution < -0.4 is 14.8 Å². The van der Waals surface area contributed by atoms with Crippen LogP contribution in [0.5, 0.6) is 11.5 Å².